The van der Waals surface area contributed by atoms with Crippen molar-refractivity contribution in [2.45, 2.75) is 64.1 Å². The quantitative estimate of drug-likeness (QED) is 0.452. The lowest BCUT2D eigenvalue weighted by Crippen LogP contribution is -2.52. The van der Waals surface area contributed by atoms with E-state index in [-0.39, 0.29) is 31.0 Å². The van der Waals surface area contributed by atoms with Crippen molar-refractivity contribution in [3.05, 3.63) is 58.1 Å². The van der Waals surface area contributed by atoms with Gasteiger partial charge < -0.3 is 19.7 Å². The van der Waals surface area contributed by atoms with E-state index < -0.39 is 6.04 Å². The van der Waals surface area contributed by atoms with E-state index in [0.29, 0.717) is 33.5 Å². The molecule has 1 aliphatic carbocycles. The number of hydrogen-bond donors (Lipinski definition) is 1. The number of nitrogens with zero attached hydrogens (tertiary/aromatic N) is 1. The van der Waals surface area contributed by atoms with Crippen LogP contribution in [0.1, 0.15) is 51.0 Å². The summed E-state index contributed by atoms with van der Waals surface area (Å²) in [5.41, 5.74) is 0.604. The van der Waals surface area contributed by atoms with Gasteiger partial charge in [0.25, 0.3) is 5.91 Å². The first kappa shape index (κ1) is 26.2. The number of amides is 2. The Labute approximate surface area is 211 Å². The van der Waals surface area contributed by atoms with Gasteiger partial charge in [0.1, 0.15) is 17.5 Å². The highest BCUT2D eigenvalue weighted by molar-refractivity contribution is 6.36. The second-order valence-corrected chi connectivity index (χ2v) is 9.27. The number of nitrogens with one attached hydrogen (secondary N) is 1. The fourth-order valence-corrected chi connectivity index (χ4v) is 4.73. The second kappa shape index (κ2) is 12.9. The molecule has 0 bridgehead atoms. The van der Waals surface area contributed by atoms with Gasteiger partial charge in [-0.05, 0) is 55.7 Å². The largest absolute Gasteiger partial charge is 0.497 e. The third-order valence-electron chi connectivity index (χ3n) is 6.15. The van der Waals surface area contributed by atoms with E-state index >= 15 is 0 Å². The summed E-state index contributed by atoms with van der Waals surface area (Å²) in [6.45, 7) is 1.78. The lowest BCUT2D eigenvalue weighted by atomic mass is 9.95. The second-order valence-electron chi connectivity index (χ2n) is 8.45. The first-order valence-electron chi connectivity index (χ1n) is 11.7. The summed E-state index contributed by atoms with van der Waals surface area (Å²) in [7, 11) is 1.58. The fraction of sp³-hybridized carbons (Fsp3) is 0.462. The molecule has 1 saturated carbocycles. The Bertz CT molecular complexity index is 942. The van der Waals surface area contributed by atoms with Crippen molar-refractivity contribution in [1.82, 2.24) is 10.2 Å². The minimum absolute atomic E-state index is 0.111. The molecule has 3 rings (SSSR count). The van der Waals surface area contributed by atoms with Gasteiger partial charge in [-0.1, -0.05) is 55.5 Å². The van der Waals surface area contributed by atoms with Gasteiger partial charge in [0.05, 0.1) is 7.11 Å². The zero-order valence-electron chi connectivity index (χ0n) is 19.7. The van der Waals surface area contributed by atoms with Crippen molar-refractivity contribution in [3.8, 4) is 11.5 Å². The standard InChI is InChI=1S/C26H32Cl2N2O4/c1-3-24(26(32)29-18-8-5-4-6-9-18)30(16-21-22(27)10-7-11-23(21)28)25(31)17-34-20-14-12-19(33-2)13-15-20/h7,10-15,18,24H,3-6,8-9,16-17H2,1-2H3,(H,29,32)/t24-/m0/s1. The van der Waals surface area contributed by atoms with Crippen LogP contribution in [0.25, 0.3) is 0 Å². The van der Waals surface area contributed by atoms with Crippen LogP contribution in [0.5, 0.6) is 11.5 Å². The third-order valence-corrected chi connectivity index (χ3v) is 6.86. The first-order valence-corrected chi connectivity index (χ1v) is 12.5. The molecule has 1 atom stereocenters. The van der Waals surface area contributed by atoms with Gasteiger partial charge in [-0.3, -0.25) is 9.59 Å². The van der Waals surface area contributed by atoms with E-state index in [9.17, 15) is 9.59 Å². The van der Waals surface area contributed by atoms with Crippen molar-refractivity contribution >= 4 is 35.0 Å². The van der Waals surface area contributed by atoms with Crippen LogP contribution >= 0.6 is 23.2 Å². The summed E-state index contributed by atoms with van der Waals surface area (Å²) in [6, 6.07) is 11.7. The first-order chi connectivity index (χ1) is 16.4. The Morgan fingerprint density at radius 1 is 1.03 bits per heavy atom. The molecule has 0 unspecified atom stereocenters. The SMILES string of the molecule is CC[C@@H](C(=O)NC1CCCCC1)N(Cc1c(Cl)cccc1Cl)C(=O)COc1ccc(OC)cc1. The number of carbonyl (C=O) groups is 2. The van der Waals surface area contributed by atoms with Gasteiger partial charge in [-0.25, -0.2) is 0 Å². The number of hydrogen-bond acceptors (Lipinski definition) is 4. The molecule has 0 spiro atoms. The third kappa shape index (κ3) is 7.03. The number of carbonyl (C=O) groups excluding carboxylic acids is 2. The van der Waals surface area contributed by atoms with E-state index in [1.54, 1.807) is 49.6 Å². The molecule has 1 fully saturated rings. The van der Waals surface area contributed by atoms with Gasteiger partial charge in [-0.15, -0.1) is 0 Å². The van der Waals surface area contributed by atoms with Crippen molar-refractivity contribution < 1.29 is 19.1 Å². The fourth-order valence-electron chi connectivity index (χ4n) is 4.22. The number of ether oxygens (including phenoxy) is 2. The summed E-state index contributed by atoms with van der Waals surface area (Å²) in [6.07, 6.45) is 5.79. The molecule has 34 heavy (non-hydrogen) atoms. The van der Waals surface area contributed by atoms with Gasteiger partial charge in [-0.2, -0.15) is 0 Å². The maximum atomic E-state index is 13.4. The summed E-state index contributed by atoms with van der Waals surface area (Å²) >= 11 is 12.8. The molecule has 1 aliphatic rings. The number of benzene rings is 2. The summed E-state index contributed by atoms with van der Waals surface area (Å²) < 4.78 is 10.9. The minimum atomic E-state index is -0.666. The smallest absolute Gasteiger partial charge is 0.261 e. The molecule has 6 nitrogen and oxygen atoms in total. The predicted molar refractivity (Wildman–Crippen MR) is 135 cm³/mol. The maximum absolute atomic E-state index is 13.4. The molecular formula is C26H32Cl2N2O4. The molecule has 1 N–H and O–H groups in total. The molecule has 2 aromatic carbocycles. The monoisotopic (exact) mass is 506 g/mol. The normalized spacial score (nSPS) is 14.8. The molecule has 0 radical (unpaired) electrons. The molecule has 184 valence electrons. The molecule has 0 aromatic heterocycles. The van der Waals surface area contributed by atoms with Crippen molar-refractivity contribution in [3.63, 3.8) is 0 Å². The topological polar surface area (TPSA) is 67.9 Å². The van der Waals surface area contributed by atoms with E-state index in [2.05, 4.69) is 5.32 Å². The number of rotatable bonds is 10. The van der Waals surface area contributed by atoms with E-state index in [0.717, 1.165) is 25.7 Å². The van der Waals surface area contributed by atoms with Crippen LogP contribution in [0.3, 0.4) is 0 Å². The Kier molecular flexibility index (Phi) is 9.90. The molecule has 0 saturated heterocycles. The Morgan fingerprint density at radius 3 is 2.24 bits per heavy atom. The van der Waals surface area contributed by atoms with Gasteiger partial charge in [0.2, 0.25) is 5.91 Å². The zero-order chi connectivity index (χ0) is 24.5. The minimum Gasteiger partial charge on any atom is -0.497 e. The van der Waals surface area contributed by atoms with E-state index in [1.807, 2.05) is 6.92 Å². The van der Waals surface area contributed by atoms with Crippen LogP contribution in [-0.4, -0.2) is 42.5 Å². The van der Waals surface area contributed by atoms with Crippen LogP contribution < -0.4 is 14.8 Å². The lowest BCUT2D eigenvalue weighted by molar-refractivity contribution is -0.143. The van der Waals surface area contributed by atoms with E-state index in [4.69, 9.17) is 32.7 Å². The van der Waals surface area contributed by atoms with Gasteiger partial charge in [0.15, 0.2) is 6.61 Å². The highest BCUT2D eigenvalue weighted by atomic mass is 35.5. The summed E-state index contributed by atoms with van der Waals surface area (Å²) in [4.78, 5) is 28.2. The average Bonchev–Trinajstić information content (AvgIpc) is 2.85. The van der Waals surface area contributed by atoms with Gasteiger partial charge in [0, 0.05) is 28.2 Å². The van der Waals surface area contributed by atoms with E-state index in [1.165, 1.54) is 11.3 Å². The number of methoxy groups -OCH3 is 1. The number of halogens is 2. The average molecular weight is 507 g/mol. The van der Waals surface area contributed by atoms with Gasteiger partial charge >= 0.3 is 0 Å². The predicted octanol–water partition coefficient (Wildman–Crippen LogP) is 5.64. The van der Waals surface area contributed by atoms with Crippen LogP contribution in [0.15, 0.2) is 42.5 Å². The molecule has 8 heteroatoms. The maximum Gasteiger partial charge on any atom is 0.261 e. The van der Waals surface area contributed by atoms with Crippen LogP contribution in [-0.2, 0) is 16.1 Å². The van der Waals surface area contributed by atoms with Crippen molar-refractivity contribution in [2.75, 3.05) is 13.7 Å². The van der Waals surface area contributed by atoms with Crippen molar-refractivity contribution in [1.29, 1.82) is 0 Å². The molecule has 0 aliphatic heterocycles. The molecule has 0 heterocycles. The molecule has 2 amide bonds. The Morgan fingerprint density at radius 2 is 1.65 bits per heavy atom. The van der Waals surface area contributed by atoms with Crippen LogP contribution in [0, 0.1) is 0 Å². The zero-order valence-corrected chi connectivity index (χ0v) is 21.2. The molecule has 2 aromatic rings. The van der Waals surface area contributed by atoms with Crippen molar-refractivity contribution in [2.24, 2.45) is 0 Å². The Balaban J connectivity index is 1.78. The molecular weight excluding hydrogens is 475 g/mol. The van der Waals surface area contributed by atoms with Crippen LogP contribution in [0.4, 0.5) is 0 Å². The summed E-state index contributed by atoms with van der Waals surface area (Å²) in [5.74, 6) is 0.747. The summed E-state index contributed by atoms with van der Waals surface area (Å²) in [5, 5.41) is 4.05. The highest BCUT2D eigenvalue weighted by Gasteiger charge is 2.31. The lowest BCUT2D eigenvalue weighted by Gasteiger charge is -2.33. The Hall–Kier alpha value is -2.44. The van der Waals surface area contributed by atoms with Crippen LogP contribution in [0.2, 0.25) is 10.0 Å². The highest BCUT2D eigenvalue weighted by Crippen LogP contribution is 2.27.